The molecular weight excluding hydrogens is 274 g/mol. The molecular formula is C18H17N3O. The summed E-state index contributed by atoms with van der Waals surface area (Å²) in [5.74, 6) is -0.0995. The Bertz CT molecular complexity index is 748. The molecule has 0 aromatic heterocycles. The third kappa shape index (κ3) is 2.82. The zero-order valence-electron chi connectivity index (χ0n) is 12.1. The number of nitrogens with one attached hydrogen (secondary N) is 1. The Morgan fingerprint density at radius 2 is 1.82 bits per heavy atom. The van der Waals surface area contributed by atoms with Gasteiger partial charge in [-0.25, -0.2) is 0 Å². The first-order valence-electron chi connectivity index (χ1n) is 7.22. The van der Waals surface area contributed by atoms with E-state index in [1.165, 1.54) is 0 Å². The summed E-state index contributed by atoms with van der Waals surface area (Å²) in [6.45, 7) is 1.000. The lowest BCUT2D eigenvalue weighted by atomic mass is 10.0. The number of para-hydroxylation sites is 1. The van der Waals surface area contributed by atoms with Crippen LogP contribution in [0.1, 0.15) is 11.1 Å². The van der Waals surface area contributed by atoms with Gasteiger partial charge < -0.3 is 11.1 Å². The van der Waals surface area contributed by atoms with Crippen molar-refractivity contribution >= 4 is 22.9 Å². The second kappa shape index (κ2) is 6.37. The van der Waals surface area contributed by atoms with Gasteiger partial charge in [0.1, 0.15) is 0 Å². The normalized spacial score (nSPS) is 15.8. The standard InChI is InChI=1S/C18H17N3O/c19-10-11-20-17(13-6-2-1-3-7-13)12-15-14-8-4-5-9-16(14)21-18(15)22/h1-9,12H,10-11,19H2,(H,21,22)/b15-12+,20-17?. The van der Waals surface area contributed by atoms with E-state index in [1.54, 1.807) is 0 Å². The van der Waals surface area contributed by atoms with Crippen molar-refractivity contribution in [2.75, 3.05) is 18.4 Å². The number of fused-ring (bicyclic) bond motifs is 1. The average molecular weight is 291 g/mol. The minimum absolute atomic E-state index is 0.0995. The van der Waals surface area contributed by atoms with Gasteiger partial charge in [0.05, 0.1) is 17.8 Å². The lowest BCUT2D eigenvalue weighted by molar-refractivity contribution is -0.110. The highest BCUT2D eigenvalue weighted by Crippen LogP contribution is 2.31. The van der Waals surface area contributed by atoms with Crippen molar-refractivity contribution in [3.05, 3.63) is 71.8 Å². The molecule has 3 N–H and O–H groups in total. The van der Waals surface area contributed by atoms with Crippen molar-refractivity contribution in [3.8, 4) is 0 Å². The monoisotopic (exact) mass is 291 g/mol. The molecule has 0 bridgehead atoms. The molecule has 2 aromatic carbocycles. The molecule has 0 radical (unpaired) electrons. The predicted octanol–water partition coefficient (Wildman–Crippen LogP) is 2.47. The van der Waals surface area contributed by atoms with Gasteiger partial charge in [0.2, 0.25) is 0 Å². The molecule has 4 heteroatoms. The number of amides is 1. The molecule has 0 aliphatic carbocycles. The van der Waals surface area contributed by atoms with E-state index in [-0.39, 0.29) is 5.91 Å². The highest BCUT2D eigenvalue weighted by Gasteiger charge is 2.23. The van der Waals surface area contributed by atoms with Gasteiger partial charge in [-0.15, -0.1) is 0 Å². The number of nitrogens with zero attached hydrogens (tertiary/aromatic N) is 1. The summed E-state index contributed by atoms with van der Waals surface area (Å²) in [6.07, 6.45) is 1.84. The Labute approximate surface area is 129 Å². The molecule has 110 valence electrons. The fourth-order valence-corrected chi connectivity index (χ4v) is 2.43. The summed E-state index contributed by atoms with van der Waals surface area (Å²) >= 11 is 0. The van der Waals surface area contributed by atoms with Crippen molar-refractivity contribution in [2.45, 2.75) is 0 Å². The third-order valence-electron chi connectivity index (χ3n) is 3.47. The summed E-state index contributed by atoms with van der Waals surface area (Å²) in [5, 5.41) is 2.87. The lowest BCUT2D eigenvalue weighted by Gasteiger charge is -2.04. The zero-order chi connectivity index (χ0) is 15.4. The van der Waals surface area contributed by atoms with Crippen LogP contribution in [0.15, 0.2) is 65.7 Å². The van der Waals surface area contributed by atoms with Crippen LogP contribution in [0, 0.1) is 0 Å². The van der Waals surface area contributed by atoms with E-state index in [4.69, 9.17) is 5.73 Å². The molecule has 0 atom stereocenters. The minimum atomic E-state index is -0.0995. The van der Waals surface area contributed by atoms with Gasteiger partial charge in [-0.05, 0) is 17.7 Å². The van der Waals surface area contributed by atoms with Gasteiger partial charge >= 0.3 is 0 Å². The van der Waals surface area contributed by atoms with Crippen LogP contribution >= 0.6 is 0 Å². The van der Waals surface area contributed by atoms with Crippen LogP contribution in [0.25, 0.3) is 5.57 Å². The molecule has 22 heavy (non-hydrogen) atoms. The van der Waals surface area contributed by atoms with Crippen LogP contribution in [0.2, 0.25) is 0 Å². The topological polar surface area (TPSA) is 67.5 Å². The summed E-state index contributed by atoms with van der Waals surface area (Å²) in [6, 6.07) is 17.5. The first-order chi connectivity index (χ1) is 10.8. The average Bonchev–Trinajstić information content (AvgIpc) is 2.88. The smallest absolute Gasteiger partial charge is 0.256 e. The van der Waals surface area contributed by atoms with E-state index in [9.17, 15) is 4.79 Å². The van der Waals surface area contributed by atoms with Crippen LogP contribution in [0.3, 0.4) is 0 Å². The fraction of sp³-hybridized carbons (Fsp3) is 0.111. The van der Waals surface area contributed by atoms with Crippen LogP contribution in [-0.4, -0.2) is 24.7 Å². The number of hydrogen-bond acceptors (Lipinski definition) is 3. The second-order valence-corrected chi connectivity index (χ2v) is 4.98. The maximum absolute atomic E-state index is 12.2. The summed E-state index contributed by atoms with van der Waals surface area (Å²) < 4.78 is 0. The van der Waals surface area contributed by atoms with Crippen molar-refractivity contribution in [1.82, 2.24) is 0 Å². The molecule has 0 unspecified atom stereocenters. The molecule has 2 aromatic rings. The molecule has 4 nitrogen and oxygen atoms in total. The van der Waals surface area contributed by atoms with Gasteiger partial charge in [-0.1, -0.05) is 48.5 Å². The Hall–Kier alpha value is -2.72. The molecule has 0 saturated heterocycles. The molecule has 3 rings (SSSR count). The Balaban J connectivity index is 2.05. The highest BCUT2D eigenvalue weighted by atomic mass is 16.2. The maximum Gasteiger partial charge on any atom is 0.256 e. The highest BCUT2D eigenvalue weighted by molar-refractivity contribution is 6.35. The van der Waals surface area contributed by atoms with Crippen LogP contribution < -0.4 is 11.1 Å². The van der Waals surface area contributed by atoms with E-state index in [2.05, 4.69) is 10.3 Å². The van der Waals surface area contributed by atoms with E-state index < -0.39 is 0 Å². The lowest BCUT2D eigenvalue weighted by Crippen LogP contribution is -2.09. The zero-order valence-corrected chi connectivity index (χ0v) is 12.1. The first kappa shape index (κ1) is 14.2. The number of anilines is 1. The molecule has 1 amide bonds. The quantitative estimate of drug-likeness (QED) is 0.671. The number of carbonyl (C=O) groups is 1. The molecule has 0 fully saturated rings. The van der Waals surface area contributed by atoms with E-state index >= 15 is 0 Å². The Morgan fingerprint density at radius 3 is 2.59 bits per heavy atom. The number of rotatable bonds is 4. The van der Waals surface area contributed by atoms with Crippen molar-refractivity contribution in [2.24, 2.45) is 10.7 Å². The largest absolute Gasteiger partial charge is 0.329 e. The number of aliphatic imine (C=N–C) groups is 1. The maximum atomic E-state index is 12.2. The van der Waals surface area contributed by atoms with E-state index in [0.29, 0.717) is 18.7 Å². The van der Waals surface area contributed by atoms with Gasteiger partial charge in [0, 0.05) is 17.8 Å². The van der Waals surface area contributed by atoms with Crippen LogP contribution in [0.5, 0.6) is 0 Å². The van der Waals surface area contributed by atoms with Crippen LogP contribution in [-0.2, 0) is 4.79 Å². The van der Waals surface area contributed by atoms with E-state index in [0.717, 1.165) is 22.5 Å². The molecule has 0 spiro atoms. The molecule has 0 saturated carbocycles. The number of benzene rings is 2. The van der Waals surface area contributed by atoms with Crippen molar-refractivity contribution in [1.29, 1.82) is 0 Å². The van der Waals surface area contributed by atoms with Gasteiger partial charge in [0.15, 0.2) is 0 Å². The molecule has 1 aliphatic rings. The Morgan fingerprint density at radius 1 is 1.09 bits per heavy atom. The minimum Gasteiger partial charge on any atom is -0.329 e. The number of hydrogen-bond donors (Lipinski definition) is 2. The first-order valence-corrected chi connectivity index (χ1v) is 7.22. The number of nitrogens with two attached hydrogens (primary N) is 1. The van der Waals surface area contributed by atoms with Gasteiger partial charge in [-0.2, -0.15) is 0 Å². The van der Waals surface area contributed by atoms with E-state index in [1.807, 2.05) is 60.7 Å². The van der Waals surface area contributed by atoms with Crippen molar-refractivity contribution in [3.63, 3.8) is 0 Å². The number of carbonyl (C=O) groups excluding carboxylic acids is 1. The van der Waals surface area contributed by atoms with Gasteiger partial charge in [-0.3, -0.25) is 9.79 Å². The molecule has 1 aliphatic heterocycles. The predicted molar refractivity (Wildman–Crippen MR) is 89.9 cm³/mol. The second-order valence-electron chi connectivity index (χ2n) is 4.98. The number of allylic oxidation sites excluding steroid dienone is 1. The summed E-state index contributed by atoms with van der Waals surface area (Å²) in [4.78, 5) is 16.7. The SMILES string of the molecule is NCCN=C(/C=C1/C(=O)Nc2ccccc21)c1ccccc1. The fourth-order valence-electron chi connectivity index (χ4n) is 2.43. The summed E-state index contributed by atoms with van der Waals surface area (Å²) in [5.41, 5.74) is 9.68. The molecule has 1 heterocycles. The van der Waals surface area contributed by atoms with Crippen LogP contribution in [0.4, 0.5) is 5.69 Å². The Kier molecular flexibility index (Phi) is 4.12. The third-order valence-corrected chi connectivity index (χ3v) is 3.47. The summed E-state index contributed by atoms with van der Waals surface area (Å²) in [7, 11) is 0. The van der Waals surface area contributed by atoms with Gasteiger partial charge in [0.25, 0.3) is 5.91 Å². The van der Waals surface area contributed by atoms with Crippen molar-refractivity contribution < 1.29 is 4.79 Å².